The van der Waals surface area contributed by atoms with Gasteiger partial charge in [-0.25, -0.2) is 19.4 Å². The fraction of sp³-hybridized carbons (Fsp3) is 0.517. The van der Waals surface area contributed by atoms with E-state index in [0.717, 1.165) is 16.9 Å². The Kier molecular flexibility index (Phi) is 9.42. The molecular formula is C29H40N4O6. The first-order valence-electron chi connectivity index (χ1n) is 13.2. The van der Waals surface area contributed by atoms with Crippen molar-refractivity contribution in [2.45, 2.75) is 66.1 Å². The minimum absolute atomic E-state index is 0.310. The van der Waals surface area contributed by atoms with Gasteiger partial charge >= 0.3 is 18.2 Å². The summed E-state index contributed by atoms with van der Waals surface area (Å²) in [6.45, 7) is 15.6. The number of piperazine rings is 1. The second-order valence-electron chi connectivity index (χ2n) is 11.5. The Hall–Kier alpha value is -3.82. The first kappa shape index (κ1) is 29.7. The van der Waals surface area contributed by atoms with Crippen LogP contribution in [0.1, 0.15) is 63.0 Å². The summed E-state index contributed by atoms with van der Waals surface area (Å²) < 4.78 is 16.2. The standard InChI is InChI=1S/C29H40N4O6/c1-20-18-22(19-31-24(20)32-14-16-33(17-15-32)27(36)39-29(5,6)7)25(34)37-23-10-8-21(9-11-23)12-13-30-26(35)38-28(2,3)4/h8-11,18-19H,12-17H2,1-7H3,(H,30,35). The molecule has 1 aliphatic heterocycles. The summed E-state index contributed by atoms with van der Waals surface area (Å²) in [7, 11) is 0. The maximum atomic E-state index is 12.7. The van der Waals surface area contributed by atoms with Gasteiger partial charge in [-0.15, -0.1) is 0 Å². The number of aryl methyl sites for hydroxylation is 1. The summed E-state index contributed by atoms with van der Waals surface area (Å²) >= 11 is 0. The van der Waals surface area contributed by atoms with Crippen LogP contribution in [0, 0.1) is 6.92 Å². The molecule has 1 fully saturated rings. The molecule has 2 amide bonds. The van der Waals surface area contributed by atoms with Crippen LogP contribution >= 0.6 is 0 Å². The predicted octanol–water partition coefficient (Wildman–Crippen LogP) is 4.73. The number of esters is 1. The highest BCUT2D eigenvalue weighted by molar-refractivity contribution is 5.91. The summed E-state index contributed by atoms with van der Waals surface area (Å²) in [6, 6.07) is 8.91. The van der Waals surface area contributed by atoms with Gasteiger partial charge in [-0.2, -0.15) is 0 Å². The summed E-state index contributed by atoms with van der Waals surface area (Å²) in [4.78, 5) is 45.1. The molecule has 1 saturated heterocycles. The molecule has 212 valence electrons. The molecule has 1 N–H and O–H groups in total. The zero-order valence-corrected chi connectivity index (χ0v) is 24.0. The molecule has 0 radical (unpaired) electrons. The van der Waals surface area contributed by atoms with Gasteiger partial charge in [0.15, 0.2) is 0 Å². The van der Waals surface area contributed by atoms with E-state index < -0.39 is 23.3 Å². The normalized spacial score (nSPS) is 14.0. The number of anilines is 1. The van der Waals surface area contributed by atoms with E-state index in [1.54, 1.807) is 23.1 Å². The molecule has 0 aliphatic carbocycles. The first-order chi connectivity index (χ1) is 18.2. The van der Waals surface area contributed by atoms with Crippen LogP contribution in [0.25, 0.3) is 0 Å². The van der Waals surface area contributed by atoms with Crippen molar-refractivity contribution in [1.29, 1.82) is 0 Å². The highest BCUT2D eigenvalue weighted by Crippen LogP contribution is 2.22. The van der Waals surface area contributed by atoms with Crippen molar-refractivity contribution in [3.05, 3.63) is 53.2 Å². The van der Waals surface area contributed by atoms with E-state index in [0.29, 0.717) is 50.5 Å². The van der Waals surface area contributed by atoms with Gasteiger partial charge in [0.05, 0.1) is 5.56 Å². The number of aromatic nitrogens is 1. The highest BCUT2D eigenvalue weighted by Gasteiger charge is 2.27. The minimum Gasteiger partial charge on any atom is -0.444 e. The molecule has 10 nitrogen and oxygen atoms in total. The van der Waals surface area contributed by atoms with Crippen LogP contribution < -0.4 is 15.0 Å². The van der Waals surface area contributed by atoms with Crippen LogP contribution in [0.15, 0.2) is 36.5 Å². The topological polar surface area (TPSA) is 110 Å². The zero-order valence-electron chi connectivity index (χ0n) is 24.0. The Labute approximate surface area is 230 Å². The van der Waals surface area contributed by atoms with E-state index in [2.05, 4.69) is 15.2 Å². The average molecular weight is 541 g/mol. The molecule has 2 aromatic rings. The van der Waals surface area contributed by atoms with Gasteiger partial charge in [-0.3, -0.25) is 0 Å². The third-order valence-electron chi connectivity index (χ3n) is 5.73. The third kappa shape index (κ3) is 9.46. The molecule has 1 aromatic heterocycles. The second kappa shape index (κ2) is 12.4. The van der Waals surface area contributed by atoms with E-state index in [9.17, 15) is 14.4 Å². The SMILES string of the molecule is Cc1cc(C(=O)Oc2ccc(CCNC(=O)OC(C)(C)C)cc2)cnc1N1CCN(C(=O)OC(C)(C)C)CC1. The molecule has 1 aliphatic rings. The maximum Gasteiger partial charge on any atom is 0.410 e. The molecule has 39 heavy (non-hydrogen) atoms. The van der Waals surface area contributed by atoms with Crippen LogP contribution in [-0.2, 0) is 15.9 Å². The summed E-state index contributed by atoms with van der Waals surface area (Å²) in [6.07, 6.45) is 1.37. The minimum atomic E-state index is -0.539. The number of pyridine rings is 1. The van der Waals surface area contributed by atoms with Crippen LogP contribution in [0.5, 0.6) is 5.75 Å². The average Bonchev–Trinajstić information content (AvgIpc) is 2.83. The number of nitrogens with zero attached hydrogens (tertiary/aromatic N) is 3. The Morgan fingerprint density at radius 2 is 1.54 bits per heavy atom. The van der Waals surface area contributed by atoms with Gasteiger partial charge in [-0.05, 0) is 84.2 Å². The van der Waals surface area contributed by atoms with Crippen molar-refractivity contribution in [2.75, 3.05) is 37.6 Å². The fourth-order valence-electron chi connectivity index (χ4n) is 3.95. The Morgan fingerprint density at radius 3 is 2.10 bits per heavy atom. The number of carbonyl (C=O) groups excluding carboxylic acids is 3. The van der Waals surface area contributed by atoms with Crippen LogP contribution in [0.3, 0.4) is 0 Å². The van der Waals surface area contributed by atoms with Gasteiger partial charge in [0.2, 0.25) is 0 Å². The summed E-state index contributed by atoms with van der Waals surface area (Å²) in [5, 5.41) is 2.72. The number of nitrogens with one attached hydrogen (secondary N) is 1. The van der Waals surface area contributed by atoms with Crippen LogP contribution in [-0.4, -0.2) is 72.0 Å². The predicted molar refractivity (Wildman–Crippen MR) is 148 cm³/mol. The molecule has 0 unspecified atom stereocenters. The van der Waals surface area contributed by atoms with Crippen molar-refractivity contribution in [2.24, 2.45) is 0 Å². The lowest BCUT2D eigenvalue weighted by atomic mass is 10.1. The van der Waals surface area contributed by atoms with Crippen molar-refractivity contribution in [3.63, 3.8) is 0 Å². The number of hydrogen-bond acceptors (Lipinski definition) is 8. The molecule has 3 rings (SSSR count). The van der Waals surface area contributed by atoms with Crippen molar-refractivity contribution < 1.29 is 28.6 Å². The number of carbonyl (C=O) groups is 3. The second-order valence-corrected chi connectivity index (χ2v) is 11.5. The lowest BCUT2D eigenvalue weighted by Gasteiger charge is -2.36. The molecule has 2 heterocycles. The number of benzene rings is 1. The molecule has 0 saturated carbocycles. The van der Waals surface area contributed by atoms with Crippen LogP contribution in [0.2, 0.25) is 0 Å². The number of amides is 2. The zero-order chi connectivity index (χ0) is 28.8. The fourth-order valence-corrected chi connectivity index (χ4v) is 3.95. The lowest BCUT2D eigenvalue weighted by Crippen LogP contribution is -2.50. The van der Waals surface area contributed by atoms with Crippen molar-refractivity contribution in [1.82, 2.24) is 15.2 Å². The van der Waals surface area contributed by atoms with E-state index in [1.165, 1.54) is 6.20 Å². The largest absolute Gasteiger partial charge is 0.444 e. The Bertz CT molecular complexity index is 1160. The molecule has 1 aromatic carbocycles. The quantitative estimate of drug-likeness (QED) is 0.414. The maximum absolute atomic E-state index is 12.7. The number of hydrogen-bond donors (Lipinski definition) is 1. The number of ether oxygens (including phenoxy) is 3. The Morgan fingerprint density at radius 1 is 0.923 bits per heavy atom. The van der Waals surface area contributed by atoms with Gasteiger partial charge in [0.1, 0.15) is 22.8 Å². The van der Waals surface area contributed by atoms with Crippen LogP contribution in [0.4, 0.5) is 15.4 Å². The van der Waals surface area contributed by atoms with Gasteiger partial charge in [0, 0.05) is 38.9 Å². The first-order valence-corrected chi connectivity index (χ1v) is 13.2. The van der Waals surface area contributed by atoms with Gasteiger partial charge in [-0.1, -0.05) is 12.1 Å². The van der Waals surface area contributed by atoms with E-state index in [4.69, 9.17) is 14.2 Å². The molecule has 0 atom stereocenters. The Balaban J connectivity index is 1.50. The number of rotatable bonds is 6. The highest BCUT2D eigenvalue weighted by atomic mass is 16.6. The molecule has 0 spiro atoms. The van der Waals surface area contributed by atoms with E-state index in [1.807, 2.05) is 60.6 Å². The number of alkyl carbamates (subject to hydrolysis) is 1. The monoisotopic (exact) mass is 540 g/mol. The van der Waals surface area contributed by atoms with Crippen molar-refractivity contribution >= 4 is 24.0 Å². The smallest absolute Gasteiger partial charge is 0.410 e. The van der Waals surface area contributed by atoms with Crippen molar-refractivity contribution in [3.8, 4) is 5.75 Å². The van der Waals surface area contributed by atoms with Gasteiger partial charge in [0.25, 0.3) is 0 Å². The third-order valence-corrected chi connectivity index (χ3v) is 5.73. The summed E-state index contributed by atoms with van der Waals surface area (Å²) in [5.41, 5.74) is 1.12. The molecule has 0 bridgehead atoms. The van der Waals surface area contributed by atoms with E-state index >= 15 is 0 Å². The molecule has 10 heteroatoms. The summed E-state index contributed by atoms with van der Waals surface area (Å²) in [5.74, 6) is 0.704. The lowest BCUT2D eigenvalue weighted by molar-refractivity contribution is 0.0239. The molecular weight excluding hydrogens is 500 g/mol. The van der Waals surface area contributed by atoms with E-state index in [-0.39, 0.29) is 6.09 Å². The van der Waals surface area contributed by atoms with Gasteiger partial charge < -0.3 is 29.3 Å².